The summed E-state index contributed by atoms with van der Waals surface area (Å²) in [6.45, 7) is 2.02. The summed E-state index contributed by atoms with van der Waals surface area (Å²) in [5, 5.41) is 6.32. The van der Waals surface area contributed by atoms with Gasteiger partial charge in [0, 0.05) is 31.4 Å². The van der Waals surface area contributed by atoms with Gasteiger partial charge in [-0.2, -0.15) is 0 Å². The standard InChI is InChI=1S/C20H24FN3O/c21-17-8-4-9-18(14-17)23-19-10-5-13-24(15-19)20(25)22-12-11-16-6-2-1-3-7-16/h1-4,6-9,14,19,23H,5,10-13,15H2,(H,22,25)/t19-/m0/s1. The quantitative estimate of drug-likeness (QED) is 0.872. The van der Waals surface area contributed by atoms with Crippen LogP contribution in [0.15, 0.2) is 54.6 Å². The van der Waals surface area contributed by atoms with E-state index in [0.29, 0.717) is 13.1 Å². The van der Waals surface area contributed by atoms with E-state index in [1.54, 1.807) is 6.07 Å². The molecular formula is C20H24FN3O. The summed E-state index contributed by atoms with van der Waals surface area (Å²) in [5.41, 5.74) is 1.98. The highest BCUT2D eigenvalue weighted by atomic mass is 19.1. The fourth-order valence-electron chi connectivity index (χ4n) is 3.16. The second kappa shape index (κ2) is 8.51. The molecule has 2 aromatic carbocycles. The number of carbonyl (C=O) groups is 1. The number of amides is 2. The Labute approximate surface area is 148 Å². The zero-order valence-electron chi connectivity index (χ0n) is 14.2. The molecule has 0 unspecified atom stereocenters. The lowest BCUT2D eigenvalue weighted by Gasteiger charge is -2.33. The van der Waals surface area contributed by atoms with Crippen LogP contribution in [0.1, 0.15) is 18.4 Å². The Balaban J connectivity index is 1.46. The Kier molecular flexibility index (Phi) is 5.88. The molecule has 2 amide bonds. The van der Waals surface area contributed by atoms with Crippen LogP contribution in [0, 0.1) is 5.82 Å². The first-order valence-corrected chi connectivity index (χ1v) is 8.79. The van der Waals surface area contributed by atoms with Gasteiger partial charge in [-0.3, -0.25) is 0 Å². The van der Waals surface area contributed by atoms with Crippen molar-refractivity contribution in [2.45, 2.75) is 25.3 Å². The molecule has 25 heavy (non-hydrogen) atoms. The van der Waals surface area contributed by atoms with Crippen LogP contribution in [0.5, 0.6) is 0 Å². The van der Waals surface area contributed by atoms with Crippen molar-refractivity contribution in [3.05, 3.63) is 66.0 Å². The normalized spacial score (nSPS) is 17.2. The third-order valence-corrected chi connectivity index (χ3v) is 4.44. The largest absolute Gasteiger partial charge is 0.380 e. The first-order chi connectivity index (χ1) is 12.2. The molecule has 0 bridgehead atoms. The number of benzene rings is 2. The molecule has 1 heterocycles. The fourth-order valence-corrected chi connectivity index (χ4v) is 3.16. The number of rotatable bonds is 5. The smallest absolute Gasteiger partial charge is 0.317 e. The van der Waals surface area contributed by atoms with Crippen molar-refractivity contribution in [2.75, 3.05) is 25.0 Å². The number of piperidine rings is 1. The Morgan fingerprint density at radius 3 is 2.80 bits per heavy atom. The zero-order chi connectivity index (χ0) is 17.5. The minimum atomic E-state index is -0.253. The lowest BCUT2D eigenvalue weighted by molar-refractivity contribution is 0.182. The van der Waals surface area contributed by atoms with Gasteiger partial charge in [-0.25, -0.2) is 9.18 Å². The number of carbonyl (C=O) groups excluding carboxylic acids is 1. The van der Waals surface area contributed by atoms with Gasteiger partial charge in [-0.15, -0.1) is 0 Å². The average molecular weight is 341 g/mol. The number of hydrogen-bond acceptors (Lipinski definition) is 2. The molecule has 1 aliphatic rings. The molecule has 1 saturated heterocycles. The minimum absolute atomic E-state index is 0.0262. The second-order valence-corrected chi connectivity index (χ2v) is 6.41. The van der Waals surface area contributed by atoms with Crippen LogP contribution >= 0.6 is 0 Å². The van der Waals surface area contributed by atoms with E-state index in [1.165, 1.54) is 17.7 Å². The molecular weight excluding hydrogens is 317 g/mol. The number of anilines is 1. The number of urea groups is 1. The van der Waals surface area contributed by atoms with E-state index < -0.39 is 0 Å². The van der Waals surface area contributed by atoms with E-state index >= 15 is 0 Å². The first kappa shape index (κ1) is 17.3. The monoisotopic (exact) mass is 341 g/mol. The van der Waals surface area contributed by atoms with Crippen LogP contribution in [0.25, 0.3) is 0 Å². The van der Waals surface area contributed by atoms with Gasteiger partial charge in [-0.1, -0.05) is 36.4 Å². The van der Waals surface area contributed by atoms with Crippen LogP contribution in [0.2, 0.25) is 0 Å². The molecule has 3 rings (SSSR count). The third-order valence-electron chi connectivity index (χ3n) is 4.44. The molecule has 5 heteroatoms. The third kappa shape index (κ3) is 5.21. The highest BCUT2D eigenvalue weighted by Crippen LogP contribution is 2.17. The Hall–Kier alpha value is -2.56. The summed E-state index contributed by atoms with van der Waals surface area (Å²) in [6, 6.07) is 16.7. The van der Waals surface area contributed by atoms with E-state index in [-0.39, 0.29) is 17.9 Å². The van der Waals surface area contributed by atoms with Crippen LogP contribution in [0.3, 0.4) is 0 Å². The van der Waals surface area contributed by atoms with E-state index in [4.69, 9.17) is 0 Å². The molecule has 1 atom stereocenters. The highest BCUT2D eigenvalue weighted by Gasteiger charge is 2.23. The van der Waals surface area contributed by atoms with Crippen LogP contribution < -0.4 is 10.6 Å². The molecule has 1 aliphatic heterocycles. The number of likely N-dealkylation sites (tertiary alicyclic amines) is 1. The summed E-state index contributed by atoms with van der Waals surface area (Å²) in [7, 11) is 0. The number of hydrogen-bond donors (Lipinski definition) is 2. The van der Waals surface area contributed by atoms with E-state index in [0.717, 1.165) is 31.5 Å². The van der Waals surface area contributed by atoms with Crippen molar-refractivity contribution >= 4 is 11.7 Å². The van der Waals surface area contributed by atoms with Gasteiger partial charge >= 0.3 is 6.03 Å². The Morgan fingerprint density at radius 2 is 2.00 bits per heavy atom. The summed E-state index contributed by atoms with van der Waals surface area (Å²) in [4.78, 5) is 14.2. The molecule has 0 aliphatic carbocycles. The van der Waals surface area contributed by atoms with Crippen molar-refractivity contribution in [1.82, 2.24) is 10.2 Å². The van der Waals surface area contributed by atoms with Crippen molar-refractivity contribution in [3.8, 4) is 0 Å². The van der Waals surface area contributed by atoms with E-state index in [2.05, 4.69) is 22.8 Å². The van der Waals surface area contributed by atoms with Crippen molar-refractivity contribution in [3.63, 3.8) is 0 Å². The molecule has 0 spiro atoms. The summed E-state index contributed by atoms with van der Waals surface area (Å²) in [6.07, 6.45) is 2.74. The van der Waals surface area contributed by atoms with E-state index in [1.807, 2.05) is 29.2 Å². The molecule has 4 nitrogen and oxygen atoms in total. The number of nitrogens with one attached hydrogen (secondary N) is 2. The van der Waals surface area contributed by atoms with Crippen LogP contribution in [-0.2, 0) is 6.42 Å². The van der Waals surface area contributed by atoms with Gasteiger partial charge in [0.1, 0.15) is 5.82 Å². The summed E-state index contributed by atoms with van der Waals surface area (Å²) < 4.78 is 13.3. The molecule has 2 N–H and O–H groups in total. The van der Waals surface area contributed by atoms with Gasteiger partial charge < -0.3 is 15.5 Å². The zero-order valence-corrected chi connectivity index (χ0v) is 14.2. The molecule has 0 radical (unpaired) electrons. The maximum atomic E-state index is 13.3. The SMILES string of the molecule is O=C(NCCc1ccccc1)N1CCC[C@H](Nc2cccc(F)c2)C1. The molecule has 2 aromatic rings. The maximum Gasteiger partial charge on any atom is 0.317 e. The van der Waals surface area contributed by atoms with Gasteiger partial charge in [-0.05, 0) is 43.0 Å². The molecule has 1 fully saturated rings. The van der Waals surface area contributed by atoms with Crippen molar-refractivity contribution in [2.24, 2.45) is 0 Å². The van der Waals surface area contributed by atoms with Gasteiger partial charge in [0.25, 0.3) is 0 Å². The van der Waals surface area contributed by atoms with Crippen molar-refractivity contribution in [1.29, 1.82) is 0 Å². The number of halogens is 1. The Bertz CT molecular complexity index is 692. The number of nitrogens with zero attached hydrogens (tertiary/aromatic N) is 1. The van der Waals surface area contributed by atoms with Crippen LogP contribution in [-0.4, -0.2) is 36.6 Å². The highest BCUT2D eigenvalue weighted by molar-refractivity contribution is 5.74. The van der Waals surface area contributed by atoms with Crippen LogP contribution in [0.4, 0.5) is 14.9 Å². The van der Waals surface area contributed by atoms with Crippen molar-refractivity contribution < 1.29 is 9.18 Å². The van der Waals surface area contributed by atoms with Gasteiger partial charge in [0.15, 0.2) is 0 Å². The predicted octanol–water partition coefficient (Wildman–Crippen LogP) is 3.65. The molecule has 0 aromatic heterocycles. The average Bonchev–Trinajstić information content (AvgIpc) is 2.63. The molecule has 0 saturated carbocycles. The fraction of sp³-hybridized carbons (Fsp3) is 0.350. The predicted molar refractivity (Wildman–Crippen MR) is 98.2 cm³/mol. The minimum Gasteiger partial charge on any atom is -0.380 e. The summed E-state index contributed by atoms with van der Waals surface area (Å²) >= 11 is 0. The maximum absolute atomic E-state index is 13.3. The Morgan fingerprint density at radius 1 is 1.16 bits per heavy atom. The van der Waals surface area contributed by atoms with E-state index in [9.17, 15) is 9.18 Å². The first-order valence-electron chi connectivity index (χ1n) is 8.79. The lowest BCUT2D eigenvalue weighted by atomic mass is 10.1. The van der Waals surface area contributed by atoms with Gasteiger partial charge in [0.2, 0.25) is 0 Å². The topological polar surface area (TPSA) is 44.4 Å². The lowest BCUT2D eigenvalue weighted by Crippen LogP contribution is -2.49. The van der Waals surface area contributed by atoms with Gasteiger partial charge in [0.05, 0.1) is 0 Å². The summed E-state index contributed by atoms with van der Waals surface area (Å²) in [5.74, 6) is -0.253. The second-order valence-electron chi connectivity index (χ2n) is 6.41. The molecule has 132 valence electrons.